The van der Waals surface area contributed by atoms with Crippen LogP contribution in [0.1, 0.15) is 45.4 Å². The predicted molar refractivity (Wildman–Crippen MR) is 86.9 cm³/mol. The summed E-state index contributed by atoms with van der Waals surface area (Å²) in [5, 5.41) is 8.99. The summed E-state index contributed by atoms with van der Waals surface area (Å²) >= 11 is 0. The molecule has 0 spiro atoms. The fraction of sp³-hybridized carbons (Fsp3) is 0.882. The zero-order valence-electron chi connectivity index (χ0n) is 14.2. The van der Waals surface area contributed by atoms with Gasteiger partial charge in [0.15, 0.2) is 0 Å². The number of carbonyl (C=O) groups excluding carboxylic acids is 2. The van der Waals surface area contributed by atoms with Gasteiger partial charge in [-0.15, -0.1) is 0 Å². The van der Waals surface area contributed by atoms with Crippen LogP contribution in [0.25, 0.3) is 0 Å². The average molecular weight is 326 g/mol. The van der Waals surface area contributed by atoms with E-state index in [0.717, 1.165) is 51.6 Å². The van der Waals surface area contributed by atoms with E-state index in [4.69, 9.17) is 9.84 Å². The fourth-order valence-electron chi connectivity index (χ4n) is 3.69. The van der Waals surface area contributed by atoms with E-state index in [1.807, 2.05) is 11.8 Å². The van der Waals surface area contributed by atoms with Gasteiger partial charge >= 0.3 is 5.97 Å². The normalized spacial score (nSPS) is 25.6. The van der Waals surface area contributed by atoms with Crippen molar-refractivity contribution in [2.24, 2.45) is 5.92 Å². The van der Waals surface area contributed by atoms with E-state index in [0.29, 0.717) is 25.7 Å². The maximum Gasteiger partial charge on any atom is 0.310 e. The highest BCUT2D eigenvalue weighted by Crippen LogP contribution is 2.23. The fourth-order valence-corrected chi connectivity index (χ4v) is 3.69. The number of aliphatic hydroxyl groups is 1. The molecule has 2 fully saturated rings. The number of nitrogens with zero attached hydrogens (tertiary/aromatic N) is 2. The van der Waals surface area contributed by atoms with E-state index >= 15 is 0 Å². The Hall–Kier alpha value is -1.14. The lowest BCUT2D eigenvalue weighted by atomic mass is 9.98. The number of esters is 1. The van der Waals surface area contributed by atoms with E-state index in [9.17, 15) is 9.59 Å². The molecule has 2 atom stereocenters. The number of amides is 1. The summed E-state index contributed by atoms with van der Waals surface area (Å²) in [5.74, 6) is -0.224. The molecule has 0 unspecified atom stereocenters. The highest BCUT2D eigenvalue weighted by Gasteiger charge is 2.32. The number of hydrogen-bond acceptors (Lipinski definition) is 5. The zero-order chi connectivity index (χ0) is 16.7. The highest BCUT2D eigenvalue weighted by atomic mass is 16.5. The van der Waals surface area contributed by atoms with Crippen molar-refractivity contribution in [2.45, 2.75) is 51.5 Å². The molecule has 6 nitrogen and oxygen atoms in total. The van der Waals surface area contributed by atoms with Crippen molar-refractivity contribution in [1.82, 2.24) is 9.80 Å². The Morgan fingerprint density at radius 2 is 2.00 bits per heavy atom. The van der Waals surface area contributed by atoms with Gasteiger partial charge in [-0.05, 0) is 52.0 Å². The van der Waals surface area contributed by atoms with Crippen LogP contribution >= 0.6 is 0 Å². The van der Waals surface area contributed by atoms with Crippen LogP contribution in [-0.4, -0.2) is 72.2 Å². The first kappa shape index (κ1) is 18.2. The Balaban J connectivity index is 1.83. The van der Waals surface area contributed by atoms with Gasteiger partial charge in [-0.2, -0.15) is 0 Å². The van der Waals surface area contributed by atoms with E-state index in [1.54, 1.807) is 0 Å². The summed E-state index contributed by atoms with van der Waals surface area (Å²) in [6.07, 6.45) is 5.65. The molecular weight excluding hydrogens is 296 g/mol. The number of likely N-dealkylation sites (tertiary alicyclic amines) is 2. The number of carbonyl (C=O) groups is 2. The second-order valence-corrected chi connectivity index (χ2v) is 6.56. The Kier molecular flexibility index (Phi) is 7.30. The lowest BCUT2D eigenvalue weighted by Crippen LogP contribution is -2.47. The largest absolute Gasteiger partial charge is 0.466 e. The number of piperidine rings is 1. The van der Waals surface area contributed by atoms with Crippen LogP contribution in [-0.2, 0) is 14.3 Å². The summed E-state index contributed by atoms with van der Waals surface area (Å²) in [7, 11) is 0. The Morgan fingerprint density at radius 1 is 1.22 bits per heavy atom. The Bertz CT molecular complexity index is 402. The minimum absolute atomic E-state index is 0.120. The molecule has 1 amide bonds. The van der Waals surface area contributed by atoms with Crippen LogP contribution < -0.4 is 0 Å². The Labute approximate surface area is 138 Å². The van der Waals surface area contributed by atoms with Crippen molar-refractivity contribution in [3.63, 3.8) is 0 Å². The smallest absolute Gasteiger partial charge is 0.310 e. The lowest BCUT2D eigenvalue weighted by molar-refractivity contribution is -0.151. The molecule has 0 saturated carbocycles. The molecular formula is C17H30N2O4. The van der Waals surface area contributed by atoms with Crippen molar-refractivity contribution in [1.29, 1.82) is 0 Å². The molecule has 2 saturated heterocycles. The van der Waals surface area contributed by atoms with Gasteiger partial charge in [-0.25, -0.2) is 0 Å². The van der Waals surface area contributed by atoms with Gasteiger partial charge < -0.3 is 14.7 Å². The first-order chi connectivity index (χ1) is 11.2. The van der Waals surface area contributed by atoms with Crippen LogP contribution in [0.4, 0.5) is 0 Å². The molecule has 2 aliphatic heterocycles. The summed E-state index contributed by atoms with van der Waals surface area (Å²) in [4.78, 5) is 28.5. The van der Waals surface area contributed by atoms with E-state index < -0.39 is 0 Å². The molecule has 2 rings (SSSR count). The maximum absolute atomic E-state index is 12.6. The standard InChI is InChI=1S/C17H30N2O4/c1-2-23-17(22)14-6-3-10-19(12-14)16(21)13-18-9-4-7-15(18)8-5-11-20/h14-15,20H,2-13H2,1H3/t14-,15-/m0/s1. The minimum Gasteiger partial charge on any atom is -0.466 e. The number of rotatable bonds is 7. The first-order valence-electron chi connectivity index (χ1n) is 8.95. The quantitative estimate of drug-likeness (QED) is 0.708. The molecule has 0 aliphatic carbocycles. The molecule has 2 aliphatic rings. The molecule has 23 heavy (non-hydrogen) atoms. The first-order valence-corrected chi connectivity index (χ1v) is 8.95. The van der Waals surface area contributed by atoms with E-state index in [2.05, 4.69) is 4.90 Å². The molecule has 6 heteroatoms. The van der Waals surface area contributed by atoms with Crippen LogP contribution in [0.5, 0.6) is 0 Å². The van der Waals surface area contributed by atoms with Gasteiger partial charge in [0.2, 0.25) is 5.91 Å². The van der Waals surface area contributed by atoms with Crippen molar-refractivity contribution in [3.05, 3.63) is 0 Å². The number of aliphatic hydroxyl groups excluding tert-OH is 1. The topological polar surface area (TPSA) is 70.1 Å². The SMILES string of the molecule is CCOC(=O)[C@H]1CCCN(C(=O)CN2CCC[C@H]2CCCO)C1. The van der Waals surface area contributed by atoms with Gasteiger partial charge in [0.25, 0.3) is 0 Å². The van der Waals surface area contributed by atoms with Gasteiger partial charge in [0.1, 0.15) is 0 Å². The molecule has 0 aromatic heterocycles. The highest BCUT2D eigenvalue weighted by molar-refractivity contribution is 5.80. The molecule has 132 valence electrons. The van der Waals surface area contributed by atoms with Crippen LogP contribution in [0, 0.1) is 5.92 Å². The predicted octanol–water partition coefficient (Wildman–Crippen LogP) is 1.03. The summed E-state index contributed by atoms with van der Waals surface area (Å²) in [6.45, 7) is 5.04. The third-order valence-electron chi connectivity index (χ3n) is 4.93. The minimum atomic E-state index is -0.174. The summed E-state index contributed by atoms with van der Waals surface area (Å²) in [5.41, 5.74) is 0. The van der Waals surface area contributed by atoms with Crippen LogP contribution in [0.2, 0.25) is 0 Å². The van der Waals surface area contributed by atoms with Crippen molar-refractivity contribution in [3.8, 4) is 0 Å². The van der Waals surface area contributed by atoms with Gasteiger partial charge in [-0.3, -0.25) is 14.5 Å². The molecule has 0 aromatic rings. The molecule has 0 bridgehead atoms. The molecule has 0 aromatic carbocycles. The maximum atomic E-state index is 12.6. The zero-order valence-corrected chi connectivity index (χ0v) is 14.2. The molecule has 0 radical (unpaired) electrons. The van der Waals surface area contributed by atoms with E-state index in [1.165, 1.54) is 0 Å². The second-order valence-electron chi connectivity index (χ2n) is 6.56. The van der Waals surface area contributed by atoms with Crippen molar-refractivity contribution < 1.29 is 19.4 Å². The third kappa shape index (κ3) is 5.18. The van der Waals surface area contributed by atoms with Crippen molar-refractivity contribution in [2.75, 3.05) is 39.4 Å². The number of hydrogen-bond donors (Lipinski definition) is 1. The van der Waals surface area contributed by atoms with Gasteiger partial charge in [0, 0.05) is 25.7 Å². The average Bonchev–Trinajstić information content (AvgIpc) is 3.00. The third-order valence-corrected chi connectivity index (χ3v) is 4.93. The van der Waals surface area contributed by atoms with Crippen molar-refractivity contribution >= 4 is 11.9 Å². The number of ether oxygens (including phenoxy) is 1. The van der Waals surface area contributed by atoms with Crippen LogP contribution in [0.3, 0.4) is 0 Å². The van der Waals surface area contributed by atoms with Gasteiger partial charge in [0.05, 0.1) is 19.1 Å². The molecule has 1 N–H and O–H groups in total. The monoisotopic (exact) mass is 326 g/mol. The lowest BCUT2D eigenvalue weighted by Gasteiger charge is -2.33. The Morgan fingerprint density at radius 3 is 2.74 bits per heavy atom. The van der Waals surface area contributed by atoms with E-state index in [-0.39, 0.29) is 24.4 Å². The van der Waals surface area contributed by atoms with Gasteiger partial charge in [-0.1, -0.05) is 0 Å². The summed E-state index contributed by atoms with van der Waals surface area (Å²) < 4.78 is 5.09. The summed E-state index contributed by atoms with van der Waals surface area (Å²) in [6, 6.07) is 0.414. The van der Waals surface area contributed by atoms with Crippen LogP contribution in [0.15, 0.2) is 0 Å². The second kappa shape index (κ2) is 9.23. The molecule has 2 heterocycles.